The van der Waals surface area contributed by atoms with Gasteiger partial charge in [-0.2, -0.15) is 10.2 Å². The fraction of sp³-hybridized carbons (Fsp3) is 0.562. The molecule has 1 aliphatic heterocycles. The molecule has 2 aromatic heterocycles. The van der Waals surface area contributed by atoms with Crippen molar-refractivity contribution in [1.82, 2.24) is 20.4 Å². The molecule has 1 saturated carbocycles. The van der Waals surface area contributed by atoms with Crippen LogP contribution in [0, 0.1) is 13.8 Å². The lowest BCUT2D eigenvalue weighted by molar-refractivity contribution is 0.755. The van der Waals surface area contributed by atoms with Crippen molar-refractivity contribution in [3.63, 3.8) is 0 Å². The van der Waals surface area contributed by atoms with Gasteiger partial charge in [0.1, 0.15) is 0 Å². The minimum absolute atomic E-state index is 0.719. The summed E-state index contributed by atoms with van der Waals surface area (Å²) in [5.74, 6) is 1.76. The highest BCUT2D eigenvalue weighted by Gasteiger charge is 2.31. The maximum absolute atomic E-state index is 4.56. The molecule has 5 heteroatoms. The van der Waals surface area contributed by atoms with Crippen LogP contribution in [0.4, 0.5) is 5.82 Å². The van der Waals surface area contributed by atoms with Gasteiger partial charge in [-0.05, 0) is 49.8 Å². The van der Waals surface area contributed by atoms with Crippen LogP contribution in [-0.2, 0) is 12.8 Å². The number of fused-ring (bicyclic) bond motifs is 1. The van der Waals surface area contributed by atoms with E-state index in [0.29, 0.717) is 0 Å². The lowest BCUT2D eigenvalue weighted by Crippen LogP contribution is -2.28. The number of H-pyrrole nitrogens is 1. The molecule has 2 aromatic rings. The lowest BCUT2D eigenvalue weighted by atomic mass is 10.1. The van der Waals surface area contributed by atoms with Gasteiger partial charge in [-0.25, -0.2) is 0 Å². The fourth-order valence-corrected chi connectivity index (χ4v) is 3.23. The van der Waals surface area contributed by atoms with E-state index in [1.165, 1.54) is 40.9 Å². The van der Waals surface area contributed by atoms with Crippen LogP contribution in [0.2, 0.25) is 0 Å². The Kier molecular flexibility index (Phi) is 2.94. The molecule has 0 saturated heterocycles. The first-order valence-corrected chi connectivity index (χ1v) is 7.84. The molecule has 0 spiro atoms. The monoisotopic (exact) mass is 283 g/mol. The van der Waals surface area contributed by atoms with Crippen molar-refractivity contribution >= 4 is 5.82 Å². The van der Waals surface area contributed by atoms with Gasteiger partial charge in [0.15, 0.2) is 5.82 Å². The molecular weight excluding hydrogens is 262 g/mol. The van der Waals surface area contributed by atoms with E-state index >= 15 is 0 Å². The van der Waals surface area contributed by atoms with E-state index in [0.717, 1.165) is 37.7 Å². The number of aromatic amines is 1. The van der Waals surface area contributed by atoms with Gasteiger partial charge in [-0.15, -0.1) is 5.10 Å². The van der Waals surface area contributed by atoms with Gasteiger partial charge in [0, 0.05) is 31.1 Å². The third-order valence-electron chi connectivity index (χ3n) is 4.84. The minimum Gasteiger partial charge on any atom is -0.354 e. The maximum Gasteiger partial charge on any atom is 0.154 e. The van der Waals surface area contributed by atoms with E-state index in [1.807, 2.05) is 6.20 Å². The number of aryl methyl sites for hydroxylation is 1. The molecule has 0 unspecified atom stereocenters. The van der Waals surface area contributed by atoms with Crippen molar-refractivity contribution in [3.8, 4) is 0 Å². The average molecular weight is 283 g/mol. The third-order valence-corrected chi connectivity index (χ3v) is 4.84. The average Bonchev–Trinajstić information content (AvgIpc) is 3.28. The largest absolute Gasteiger partial charge is 0.354 e. The molecular formula is C16H21N5. The molecule has 4 rings (SSSR count). The Morgan fingerprint density at radius 3 is 2.81 bits per heavy atom. The van der Waals surface area contributed by atoms with Gasteiger partial charge in [0.05, 0.1) is 11.9 Å². The first-order valence-electron chi connectivity index (χ1n) is 7.84. The maximum atomic E-state index is 4.56. The molecule has 1 aliphatic carbocycles. The van der Waals surface area contributed by atoms with Gasteiger partial charge >= 0.3 is 0 Å². The molecule has 21 heavy (non-hydrogen) atoms. The minimum atomic E-state index is 0.719. The second-order valence-electron chi connectivity index (χ2n) is 6.30. The van der Waals surface area contributed by atoms with Crippen LogP contribution in [0.15, 0.2) is 6.20 Å². The molecule has 0 aromatic carbocycles. The van der Waals surface area contributed by atoms with Crippen LogP contribution in [0.3, 0.4) is 0 Å². The van der Waals surface area contributed by atoms with Crippen molar-refractivity contribution in [3.05, 3.63) is 34.3 Å². The molecule has 0 radical (unpaired) electrons. The summed E-state index contributed by atoms with van der Waals surface area (Å²) >= 11 is 0. The van der Waals surface area contributed by atoms with Crippen molar-refractivity contribution in [2.24, 2.45) is 0 Å². The smallest absolute Gasteiger partial charge is 0.154 e. The summed E-state index contributed by atoms with van der Waals surface area (Å²) in [6.07, 6.45) is 6.54. The van der Waals surface area contributed by atoms with Crippen LogP contribution in [-0.4, -0.2) is 33.5 Å². The summed E-state index contributed by atoms with van der Waals surface area (Å²) in [5.41, 5.74) is 6.59. The summed E-state index contributed by atoms with van der Waals surface area (Å²) in [7, 11) is 0. The van der Waals surface area contributed by atoms with Gasteiger partial charge in [-0.3, -0.25) is 5.10 Å². The number of aromatic nitrogens is 4. The van der Waals surface area contributed by atoms with E-state index in [4.69, 9.17) is 0 Å². The van der Waals surface area contributed by atoms with Gasteiger partial charge in [0.2, 0.25) is 0 Å². The van der Waals surface area contributed by atoms with Gasteiger partial charge in [-0.1, -0.05) is 0 Å². The Labute approximate surface area is 124 Å². The molecule has 5 nitrogen and oxygen atoms in total. The molecule has 0 bridgehead atoms. The Hall–Kier alpha value is -1.91. The fourth-order valence-electron chi connectivity index (χ4n) is 3.23. The molecule has 1 fully saturated rings. The lowest BCUT2D eigenvalue weighted by Gasteiger charge is -2.23. The van der Waals surface area contributed by atoms with E-state index in [9.17, 15) is 0 Å². The number of hydrogen-bond donors (Lipinski definition) is 1. The third kappa shape index (κ3) is 2.20. The Balaban J connectivity index is 1.60. The Morgan fingerprint density at radius 1 is 1.19 bits per heavy atom. The van der Waals surface area contributed by atoms with E-state index < -0.39 is 0 Å². The Bertz CT molecular complexity index is 671. The number of anilines is 1. The zero-order valence-corrected chi connectivity index (χ0v) is 12.7. The van der Waals surface area contributed by atoms with Crippen LogP contribution in [0.5, 0.6) is 0 Å². The zero-order valence-electron chi connectivity index (χ0n) is 12.7. The molecule has 1 N–H and O–H groups in total. The number of nitrogens with zero attached hydrogens (tertiary/aromatic N) is 4. The summed E-state index contributed by atoms with van der Waals surface area (Å²) in [4.78, 5) is 2.37. The first kappa shape index (κ1) is 12.8. The predicted molar refractivity (Wildman–Crippen MR) is 81.7 cm³/mol. The molecule has 0 atom stereocenters. The number of nitrogens with one attached hydrogen (secondary N) is 1. The molecule has 3 heterocycles. The van der Waals surface area contributed by atoms with E-state index in [2.05, 4.69) is 39.1 Å². The van der Waals surface area contributed by atoms with E-state index in [1.54, 1.807) is 0 Å². The predicted octanol–water partition coefficient (Wildman–Crippen LogP) is 2.30. The quantitative estimate of drug-likeness (QED) is 0.919. The normalized spacial score (nSPS) is 18.5. The molecule has 110 valence electrons. The molecule has 0 amide bonds. The van der Waals surface area contributed by atoms with Crippen LogP contribution in [0.1, 0.15) is 46.8 Å². The van der Waals surface area contributed by atoms with Gasteiger partial charge < -0.3 is 4.90 Å². The van der Waals surface area contributed by atoms with Crippen molar-refractivity contribution in [2.75, 3.05) is 18.0 Å². The van der Waals surface area contributed by atoms with Crippen molar-refractivity contribution in [1.29, 1.82) is 0 Å². The topological polar surface area (TPSA) is 57.7 Å². The first-order chi connectivity index (χ1) is 10.2. The van der Waals surface area contributed by atoms with Crippen LogP contribution < -0.4 is 4.90 Å². The summed E-state index contributed by atoms with van der Waals surface area (Å²) in [6.45, 7) is 6.23. The summed E-state index contributed by atoms with van der Waals surface area (Å²) < 4.78 is 0. The van der Waals surface area contributed by atoms with Gasteiger partial charge in [0.25, 0.3) is 0 Å². The highest BCUT2D eigenvalue weighted by Crippen LogP contribution is 2.41. The number of hydrogen-bond acceptors (Lipinski definition) is 4. The molecule has 2 aliphatic rings. The second kappa shape index (κ2) is 4.83. The SMILES string of the molecule is Cc1cnnc(N2CCc3[nH]nc(C4CC4)c3CC2)c1C. The standard InChI is InChI=1S/C16H21N5/c1-10-9-17-20-16(11(10)2)21-7-5-13-14(6-8-21)18-19-15(13)12-3-4-12/h9,12H,3-8H2,1-2H3,(H,18,19). The Morgan fingerprint density at radius 2 is 2.00 bits per heavy atom. The van der Waals surface area contributed by atoms with Crippen molar-refractivity contribution in [2.45, 2.75) is 45.4 Å². The number of rotatable bonds is 2. The summed E-state index contributed by atoms with van der Waals surface area (Å²) in [5, 5.41) is 16.3. The van der Waals surface area contributed by atoms with E-state index in [-0.39, 0.29) is 0 Å². The highest BCUT2D eigenvalue weighted by atomic mass is 15.3. The second-order valence-corrected chi connectivity index (χ2v) is 6.30. The highest BCUT2D eigenvalue weighted by molar-refractivity contribution is 5.49. The van der Waals surface area contributed by atoms with Crippen LogP contribution in [0.25, 0.3) is 0 Å². The van der Waals surface area contributed by atoms with Crippen molar-refractivity contribution < 1.29 is 0 Å². The summed E-state index contributed by atoms with van der Waals surface area (Å²) in [6, 6.07) is 0. The van der Waals surface area contributed by atoms with Crippen LogP contribution >= 0.6 is 0 Å². The zero-order chi connectivity index (χ0) is 14.4.